The molecule has 1 amide bonds. The Morgan fingerprint density at radius 2 is 1.87 bits per heavy atom. The quantitative estimate of drug-likeness (QED) is 0.593. The van der Waals surface area contributed by atoms with Crippen LogP contribution in [0.1, 0.15) is 0 Å². The summed E-state index contributed by atoms with van der Waals surface area (Å²) in [6.07, 6.45) is 4.15. The zero-order valence-electron chi connectivity index (χ0n) is 9.60. The van der Waals surface area contributed by atoms with Gasteiger partial charge in [0.1, 0.15) is 0 Å². The summed E-state index contributed by atoms with van der Waals surface area (Å²) in [4.78, 5) is 15.3. The number of carbonyl (C=O) groups excluding carboxylic acids is 1. The van der Waals surface area contributed by atoms with Crippen molar-refractivity contribution in [2.45, 2.75) is 0 Å². The number of ether oxygens (including phenoxy) is 1. The van der Waals surface area contributed by atoms with Crippen molar-refractivity contribution < 1.29 is 9.53 Å². The summed E-state index contributed by atoms with van der Waals surface area (Å²) in [5.74, 6) is 1.03. The van der Waals surface area contributed by atoms with E-state index in [9.17, 15) is 4.79 Å². The Bertz CT molecular complexity index is 223. The van der Waals surface area contributed by atoms with Crippen molar-refractivity contribution in [1.82, 2.24) is 9.80 Å². The third kappa shape index (κ3) is 4.53. The lowest BCUT2D eigenvalue weighted by molar-refractivity contribution is 0.0966. The van der Waals surface area contributed by atoms with Crippen LogP contribution >= 0.6 is 20.7 Å². The van der Waals surface area contributed by atoms with Gasteiger partial charge in [0.25, 0.3) is 0 Å². The summed E-state index contributed by atoms with van der Waals surface area (Å²) in [7, 11) is 0.645. The molecule has 0 saturated carbocycles. The van der Waals surface area contributed by atoms with E-state index in [1.807, 2.05) is 0 Å². The average Bonchev–Trinajstić information content (AvgIpc) is 2.15. The Hall–Kier alpha value is -0.0700. The number of hydrogen-bond donors (Lipinski definition) is 1. The molecule has 0 aromatic rings. The van der Waals surface area contributed by atoms with Crippen LogP contribution in [0.3, 0.4) is 0 Å². The van der Waals surface area contributed by atoms with E-state index in [-0.39, 0.29) is 6.09 Å². The van der Waals surface area contributed by atoms with Gasteiger partial charge in [-0.3, -0.25) is 4.90 Å². The van der Waals surface area contributed by atoms with Gasteiger partial charge in [-0.25, -0.2) is 4.79 Å². The fourth-order valence-electron chi connectivity index (χ4n) is 1.64. The van der Waals surface area contributed by atoms with Gasteiger partial charge < -0.3 is 9.64 Å². The van der Waals surface area contributed by atoms with E-state index in [1.54, 1.807) is 4.90 Å². The van der Waals surface area contributed by atoms with Crippen LogP contribution in [-0.4, -0.2) is 67.6 Å². The number of methoxy groups -OCH3 is 1. The minimum atomic E-state index is -0.781. The molecular formula is C9H20N2O2S2. The highest BCUT2D eigenvalue weighted by Gasteiger charge is 2.23. The molecule has 1 heterocycles. The van der Waals surface area contributed by atoms with Gasteiger partial charge in [0.05, 0.1) is 7.11 Å². The second kappa shape index (κ2) is 5.32. The number of thiol groups is 1. The first kappa shape index (κ1) is 13.0. The van der Waals surface area contributed by atoms with Crippen molar-refractivity contribution in [2.24, 2.45) is 0 Å². The van der Waals surface area contributed by atoms with Crippen molar-refractivity contribution >= 4 is 26.8 Å². The molecule has 1 saturated heterocycles. The predicted molar refractivity (Wildman–Crippen MR) is 68.8 cm³/mol. The fraction of sp³-hybridized carbons (Fsp3) is 0.889. The first-order valence-corrected chi connectivity index (χ1v) is 8.58. The first-order valence-electron chi connectivity index (χ1n) is 4.91. The van der Waals surface area contributed by atoms with Crippen LogP contribution in [0.4, 0.5) is 4.79 Å². The number of carbonyl (C=O) groups is 1. The Labute approximate surface area is 98.1 Å². The molecule has 0 unspecified atom stereocenters. The van der Waals surface area contributed by atoms with Gasteiger partial charge in [0.15, 0.2) is 0 Å². The van der Waals surface area contributed by atoms with E-state index >= 15 is 0 Å². The van der Waals surface area contributed by atoms with Gasteiger partial charge >= 0.3 is 6.09 Å². The highest BCUT2D eigenvalue weighted by Crippen LogP contribution is 2.44. The van der Waals surface area contributed by atoms with Crippen molar-refractivity contribution in [3.05, 3.63) is 0 Å². The van der Waals surface area contributed by atoms with Crippen LogP contribution in [0, 0.1) is 0 Å². The molecule has 0 N–H and O–H groups in total. The van der Waals surface area contributed by atoms with Crippen LogP contribution in [0.15, 0.2) is 0 Å². The van der Waals surface area contributed by atoms with Crippen molar-refractivity contribution in [3.63, 3.8) is 0 Å². The SMILES string of the molecule is COC(=O)N1CCN(CS(C)(C)S)CC1. The molecule has 0 aromatic heterocycles. The van der Waals surface area contributed by atoms with Gasteiger partial charge in [-0.05, 0) is 12.5 Å². The summed E-state index contributed by atoms with van der Waals surface area (Å²) in [6, 6.07) is 0. The fourth-order valence-corrected chi connectivity index (χ4v) is 3.28. The molecular weight excluding hydrogens is 232 g/mol. The van der Waals surface area contributed by atoms with Crippen LogP contribution in [0.2, 0.25) is 0 Å². The second-order valence-corrected chi connectivity index (χ2v) is 10.4. The maximum atomic E-state index is 11.2. The third-order valence-electron chi connectivity index (χ3n) is 2.30. The molecule has 1 fully saturated rings. The lowest BCUT2D eigenvalue weighted by Crippen LogP contribution is -2.49. The van der Waals surface area contributed by atoms with Crippen molar-refractivity contribution in [3.8, 4) is 0 Å². The highest BCUT2D eigenvalue weighted by atomic mass is 33.1. The van der Waals surface area contributed by atoms with Gasteiger partial charge in [-0.1, -0.05) is 0 Å². The van der Waals surface area contributed by atoms with Crippen LogP contribution in [0.25, 0.3) is 0 Å². The maximum absolute atomic E-state index is 11.2. The topological polar surface area (TPSA) is 32.8 Å². The minimum absolute atomic E-state index is 0.216. The monoisotopic (exact) mass is 252 g/mol. The summed E-state index contributed by atoms with van der Waals surface area (Å²) < 4.78 is 4.68. The Morgan fingerprint density at radius 1 is 1.33 bits per heavy atom. The van der Waals surface area contributed by atoms with Gasteiger partial charge in [-0.2, -0.15) is 9.06 Å². The van der Waals surface area contributed by atoms with Gasteiger partial charge in [0.2, 0.25) is 0 Å². The van der Waals surface area contributed by atoms with Gasteiger partial charge in [-0.15, -0.1) is 11.7 Å². The average molecular weight is 252 g/mol. The number of hydrogen-bond acceptors (Lipinski definition) is 4. The van der Waals surface area contributed by atoms with E-state index in [4.69, 9.17) is 0 Å². The van der Waals surface area contributed by atoms with E-state index in [1.165, 1.54) is 7.11 Å². The summed E-state index contributed by atoms with van der Waals surface area (Å²) in [5.41, 5.74) is 0. The maximum Gasteiger partial charge on any atom is 0.409 e. The number of nitrogens with zero attached hydrogens (tertiary/aromatic N) is 2. The molecule has 1 aliphatic heterocycles. The van der Waals surface area contributed by atoms with E-state index in [0.717, 1.165) is 32.1 Å². The molecule has 0 radical (unpaired) electrons. The molecule has 90 valence electrons. The Balaban J connectivity index is 2.33. The van der Waals surface area contributed by atoms with E-state index < -0.39 is 9.06 Å². The molecule has 4 nitrogen and oxygen atoms in total. The molecule has 1 rings (SSSR count). The van der Waals surface area contributed by atoms with Crippen LogP contribution in [-0.2, 0) is 4.74 Å². The zero-order chi connectivity index (χ0) is 11.5. The van der Waals surface area contributed by atoms with Crippen molar-refractivity contribution in [2.75, 3.05) is 51.7 Å². The third-order valence-corrected chi connectivity index (χ3v) is 3.65. The van der Waals surface area contributed by atoms with Gasteiger partial charge in [0, 0.05) is 32.1 Å². The normalized spacial score (nSPS) is 20.1. The lowest BCUT2D eigenvalue weighted by Gasteiger charge is -2.38. The molecule has 15 heavy (non-hydrogen) atoms. The summed E-state index contributed by atoms with van der Waals surface area (Å²) in [6.45, 7) is 3.37. The second-order valence-electron chi connectivity index (χ2n) is 4.18. The van der Waals surface area contributed by atoms with E-state index in [0.29, 0.717) is 0 Å². The number of piperazine rings is 1. The Kier molecular flexibility index (Phi) is 4.61. The number of amides is 1. The largest absolute Gasteiger partial charge is 0.453 e. The zero-order valence-corrected chi connectivity index (χ0v) is 11.3. The molecule has 0 atom stereocenters. The molecule has 0 aromatic carbocycles. The van der Waals surface area contributed by atoms with Crippen LogP contribution in [0.5, 0.6) is 0 Å². The molecule has 0 bridgehead atoms. The highest BCUT2D eigenvalue weighted by molar-refractivity contribution is 8.87. The molecule has 1 aliphatic rings. The van der Waals surface area contributed by atoms with E-state index in [2.05, 4.69) is 33.8 Å². The molecule has 6 heteroatoms. The standard InChI is InChI=1S/C9H20N2O2S2/c1-13-9(12)11-6-4-10(5-7-11)8-15(2,3)14/h14H,4-8H2,1-3H3. The lowest BCUT2D eigenvalue weighted by atomic mass is 10.3. The van der Waals surface area contributed by atoms with Crippen LogP contribution < -0.4 is 0 Å². The first-order chi connectivity index (χ1) is 6.92. The predicted octanol–water partition coefficient (Wildman–Crippen LogP) is 1.24. The molecule has 0 aliphatic carbocycles. The van der Waals surface area contributed by atoms with Crippen molar-refractivity contribution in [1.29, 1.82) is 0 Å². The summed E-state index contributed by atoms with van der Waals surface area (Å²) in [5, 5.41) is 0. The minimum Gasteiger partial charge on any atom is -0.453 e. The number of rotatable bonds is 2. The Morgan fingerprint density at radius 3 is 2.27 bits per heavy atom. The smallest absolute Gasteiger partial charge is 0.409 e. The summed E-state index contributed by atoms with van der Waals surface area (Å²) >= 11 is 4.58. The molecule has 0 spiro atoms.